The van der Waals surface area contributed by atoms with Gasteiger partial charge in [0.1, 0.15) is 17.5 Å². The van der Waals surface area contributed by atoms with E-state index in [0.29, 0.717) is 49.3 Å². The minimum absolute atomic E-state index is 0.0461. The Labute approximate surface area is 208 Å². The van der Waals surface area contributed by atoms with Gasteiger partial charge in [-0.3, -0.25) is 0 Å². The minimum Gasteiger partial charge on any atom is -0.478 e. The smallest absolute Gasteiger partial charge is 0.337 e. The van der Waals surface area contributed by atoms with Crippen LogP contribution in [0.15, 0.2) is 36.5 Å². The number of aromatic nitrogens is 3. The summed E-state index contributed by atoms with van der Waals surface area (Å²) in [4.78, 5) is 29.3. The van der Waals surface area contributed by atoms with Crippen molar-refractivity contribution in [2.75, 3.05) is 47.8 Å². The van der Waals surface area contributed by atoms with Gasteiger partial charge in [-0.05, 0) is 42.7 Å². The molecule has 0 saturated carbocycles. The lowest BCUT2D eigenvalue weighted by Gasteiger charge is -2.36. The molecule has 1 saturated heterocycles. The van der Waals surface area contributed by atoms with Crippen molar-refractivity contribution in [3.8, 4) is 11.3 Å². The zero-order valence-corrected chi connectivity index (χ0v) is 20.7. The summed E-state index contributed by atoms with van der Waals surface area (Å²) in [6, 6.07) is 8.11. The molecule has 0 spiro atoms. The number of aromatic carboxylic acids is 1. The van der Waals surface area contributed by atoms with Crippen LogP contribution in [0.1, 0.15) is 29.8 Å². The number of benzene rings is 1. The molecule has 10 heteroatoms. The molecular weight excluding hydrogens is 471 g/mol. The third-order valence-corrected chi connectivity index (χ3v) is 6.09. The van der Waals surface area contributed by atoms with Gasteiger partial charge in [0.25, 0.3) is 0 Å². The summed E-state index contributed by atoms with van der Waals surface area (Å²) in [5.74, 6) is 1.03. The number of aryl methyl sites for hydroxylation is 1. The van der Waals surface area contributed by atoms with Crippen LogP contribution < -0.4 is 15.1 Å². The summed E-state index contributed by atoms with van der Waals surface area (Å²) in [5, 5.41) is 12.5. The van der Waals surface area contributed by atoms with Gasteiger partial charge in [0, 0.05) is 50.6 Å². The monoisotopic (exact) mass is 498 g/mol. The van der Waals surface area contributed by atoms with Crippen LogP contribution in [0.25, 0.3) is 11.3 Å². The van der Waals surface area contributed by atoms with E-state index in [0.717, 1.165) is 23.7 Å². The number of hydrogen-bond acceptors (Lipinski definition) is 7. The number of nitrogens with zero attached hydrogens (tertiary/aromatic N) is 5. The van der Waals surface area contributed by atoms with Crippen LogP contribution in [0.3, 0.4) is 0 Å². The van der Waals surface area contributed by atoms with Crippen LogP contribution in [-0.2, 0) is 0 Å². The number of anilines is 3. The van der Waals surface area contributed by atoms with E-state index in [-0.39, 0.29) is 10.6 Å². The molecule has 1 fully saturated rings. The Bertz CT molecular complexity index is 1230. The minimum atomic E-state index is -0.985. The Morgan fingerprint density at radius 2 is 1.86 bits per heavy atom. The van der Waals surface area contributed by atoms with E-state index in [2.05, 4.69) is 38.9 Å². The molecule has 1 aromatic carbocycles. The van der Waals surface area contributed by atoms with Crippen LogP contribution in [-0.4, -0.2) is 58.8 Å². The lowest BCUT2D eigenvalue weighted by molar-refractivity contribution is 0.0696. The van der Waals surface area contributed by atoms with Crippen molar-refractivity contribution in [3.05, 3.63) is 58.5 Å². The largest absolute Gasteiger partial charge is 0.478 e. The first-order chi connectivity index (χ1) is 16.7. The summed E-state index contributed by atoms with van der Waals surface area (Å²) in [6.07, 6.45) is 1.40. The molecule has 0 bridgehead atoms. The van der Waals surface area contributed by atoms with Gasteiger partial charge >= 0.3 is 5.97 Å². The topological polar surface area (TPSA) is 94.5 Å². The molecule has 1 aliphatic rings. The van der Waals surface area contributed by atoms with Gasteiger partial charge in [-0.2, -0.15) is 4.98 Å². The normalized spacial score (nSPS) is 13.9. The molecular formula is C25H28ClFN6O2. The SMILES string of the molecule is Cc1cc(C(=O)O)cnc1N1CCN(c2cc(-c3ccc(F)c(Cl)c3)nc(NCC(C)C)n2)CC1. The van der Waals surface area contributed by atoms with Gasteiger partial charge in [-0.1, -0.05) is 25.4 Å². The van der Waals surface area contributed by atoms with Crippen molar-refractivity contribution in [3.63, 3.8) is 0 Å². The standard InChI is InChI=1S/C25H28ClFN6O2/c1-15(2)13-29-25-30-21(17-4-5-20(27)19(26)11-17)12-22(31-25)32-6-8-33(9-7-32)23-16(3)10-18(14-28-23)24(34)35/h4-5,10-12,14-15H,6-9,13H2,1-3H3,(H,34,35)(H,29,30,31). The van der Waals surface area contributed by atoms with Crippen molar-refractivity contribution in [2.24, 2.45) is 5.92 Å². The highest BCUT2D eigenvalue weighted by molar-refractivity contribution is 6.31. The van der Waals surface area contributed by atoms with Crippen LogP contribution in [0.4, 0.5) is 22.0 Å². The number of carbonyl (C=O) groups is 1. The Morgan fingerprint density at radius 1 is 1.14 bits per heavy atom. The molecule has 4 rings (SSSR count). The molecule has 0 atom stereocenters. The van der Waals surface area contributed by atoms with Crippen molar-refractivity contribution >= 4 is 35.2 Å². The number of nitrogens with one attached hydrogen (secondary N) is 1. The summed E-state index contributed by atoms with van der Waals surface area (Å²) < 4.78 is 13.7. The zero-order valence-electron chi connectivity index (χ0n) is 19.9. The number of pyridine rings is 1. The third kappa shape index (κ3) is 5.79. The molecule has 3 aromatic rings. The van der Waals surface area contributed by atoms with Crippen LogP contribution in [0.2, 0.25) is 5.02 Å². The van der Waals surface area contributed by atoms with E-state index in [9.17, 15) is 14.3 Å². The first kappa shape index (κ1) is 24.7. The van der Waals surface area contributed by atoms with Gasteiger partial charge in [0.05, 0.1) is 16.3 Å². The van der Waals surface area contributed by atoms with Crippen molar-refractivity contribution in [1.29, 1.82) is 0 Å². The number of halogens is 2. The second-order valence-electron chi connectivity index (χ2n) is 8.98. The maximum Gasteiger partial charge on any atom is 0.337 e. The van der Waals surface area contributed by atoms with Crippen LogP contribution >= 0.6 is 11.6 Å². The molecule has 0 aliphatic carbocycles. The summed E-state index contributed by atoms with van der Waals surface area (Å²) in [6.45, 7) is 9.62. The van der Waals surface area contributed by atoms with E-state index in [1.165, 1.54) is 12.3 Å². The Kier molecular flexibility index (Phi) is 7.35. The number of rotatable bonds is 7. The summed E-state index contributed by atoms with van der Waals surface area (Å²) in [7, 11) is 0. The quantitative estimate of drug-likeness (QED) is 0.482. The van der Waals surface area contributed by atoms with E-state index >= 15 is 0 Å². The first-order valence-corrected chi connectivity index (χ1v) is 11.9. The highest BCUT2D eigenvalue weighted by atomic mass is 35.5. The van der Waals surface area contributed by atoms with Gasteiger partial charge < -0.3 is 20.2 Å². The molecule has 0 amide bonds. The van der Waals surface area contributed by atoms with E-state index in [1.807, 2.05) is 13.0 Å². The van der Waals surface area contributed by atoms with Gasteiger partial charge in [-0.25, -0.2) is 19.2 Å². The maximum atomic E-state index is 13.7. The lowest BCUT2D eigenvalue weighted by Crippen LogP contribution is -2.47. The summed E-state index contributed by atoms with van der Waals surface area (Å²) in [5.41, 5.74) is 2.38. The number of carboxylic acid groups (broad SMARTS) is 1. The second-order valence-corrected chi connectivity index (χ2v) is 9.39. The molecule has 0 radical (unpaired) electrons. The first-order valence-electron chi connectivity index (χ1n) is 11.5. The fraction of sp³-hybridized carbons (Fsp3) is 0.360. The average Bonchev–Trinajstić information content (AvgIpc) is 2.84. The fourth-order valence-corrected chi connectivity index (χ4v) is 4.12. The van der Waals surface area contributed by atoms with Crippen molar-refractivity contribution in [2.45, 2.75) is 20.8 Å². The highest BCUT2D eigenvalue weighted by Crippen LogP contribution is 2.28. The summed E-state index contributed by atoms with van der Waals surface area (Å²) >= 11 is 6.02. The second kappa shape index (κ2) is 10.4. The molecule has 3 heterocycles. The van der Waals surface area contributed by atoms with Crippen LogP contribution in [0, 0.1) is 18.7 Å². The molecule has 2 N–H and O–H groups in total. The molecule has 184 valence electrons. The number of carboxylic acids is 1. The fourth-order valence-electron chi connectivity index (χ4n) is 3.94. The predicted octanol–water partition coefficient (Wildman–Crippen LogP) is 4.73. The van der Waals surface area contributed by atoms with Crippen molar-refractivity contribution in [1.82, 2.24) is 15.0 Å². The maximum absolute atomic E-state index is 13.7. The van der Waals surface area contributed by atoms with E-state index in [4.69, 9.17) is 16.6 Å². The lowest BCUT2D eigenvalue weighted by atomic mass is 10.1. The third-order valence-electron chi connectivity index (χ3n) is 5.80. The Balaban J connectivity index is 1.56. The van der Waals surface area contributed by atoms with E-state index in [1.54, 1.807) is 18.2 Å². The zero-order chi connectivity index (χ0) is 25.1. The molecule has 8 nitrogen and oxygen atoms in total. The molecule has 2 aromatic heterocycles. The van der Waals surface area contributed by atoms with Gasteiger partial charge in [0.2, 0.25) is 5.95 Å². The average molecular weight is 499 g/mol. The predicted molar refractivity (Wildman–Crippen MR) is 136 cm³/mol. The number of hydrogen-bond donors (Lipinski definition) is 2. The number of piperazine rings is 1. The molecule has 35 heavy (non-hydrogen) atoms. The Morgan fingerprint density at radius 3 is 2.49 bits per heavy atom. The molecule has 0 unspecified atom stereocenters. The van der Waals surface area contributed by atoms with Gasteiger partial charge in [0.15, 0.2) is 0 Å². The van der Waals surface area contributed by atoms with Crippen molar-refractivity contribution < 1.29 is 14.3 Å². The highest BCUT2D eigenvalue weighted by Gasteiger charge is 2.22. The molecule has 1 aliphatic heterocycles. The van der Waals surface area contributed by atoms with E-state index < -0.39 is 11.8 Å². The van der Waals surface area contributed by atoms with Crippen LogP contribution in [0.5, 0.6) is 0 Å². The Hall–Kier alpha value is -3.46. The van der Waals surface area contributed by atoms with Gasteiger partial charge in [-0.15, -0.1) is 0 Å².